The Labute approximate surface area is 132 Å². The maximum absolute atomic E-state index is 6.27. The first kappa shape index (κ1) is 16.1. The predicted molar refractivity (Wildman–Crippen MR) is 87.6 cm³/mol. The van der Waals surface area contributed by atoms with Crippen LogP contribution in [0, 0.1) is 5.92 Å². The highest BCUT2D eigenvalue weighted by atomic mass is 35.5. The lowest BCUT2D eigenvalue weighted by Crippen LogP contribution is -2.38. The van der Waals surface area contributed by atoms with Crippen molar-refractivity contribution in [3.05, 3.63) is 33.8 Å². The maximum atomic E-state index is 6.27. The zero-order chi connectivity index (χ0) is 14.5. The number of rotatable bonds is 6. The summed E-state index contributed by atoms with van der Waals surface area (Å²) in [7, 11) is 0. The van der Waals surface area contributed by atoms with Gasteiger partial charge in [0.1, 0.15) is 0 Å². The van der Waals surface area contributed by atoms with Gasteiger partial charge < -0.3 is 5.32 Å². The highest BCUT2D eigenvalue weighted by Gasteiger charge is 2.24. The molecule has 1 aliphatic rings. The van der Waals surface area contributed by atoms with Gasteiger partial charge in [-0.25, -0.2) is 0 Å². The number of nitrogens with zero attached hydrogens (tertiary/aromatic N) is 1. The van der Waals surface area contributed by atoms with Crippen LogP contribution < -0.4 is 5.32 Å². The molecule has 1 unspecified atom stereocenters. The van der Waals surface area contributed by atoms with Gasteiger partial charge in [0.25, 0.3) is 0 Å². The van der Waals surface area contributed by atoms with Crippen molar-refractivity contribution < 1.29 is 0 Å². The first-order valence-electron chi connectivity index (χ1n) is 7.45. The Hall–Kier alpha value is -0.280. The van der Waals surface area contributed by atoms with Crippen LogP contribution in [0.25, 0.3) is 0 Å². The topological polar surface area (TPSA) is 15.3 Å². The van der Waals surface area contributed by atoms with Crippen molar-refractivity contribution in [2.24, 2.45) is 5.92 Å². The fourth-order valence-corrected chi connectivity index (χ4v) is 3.13. The van der Waals surface area contributed by atoms with Crippen LogP contribution >= 0.6 is 23.2 Å². The Kier molecular flexibility index (Phi) is 6.16. The predicted octanol–water partition coefficient (Wildman–Crippen LogP) is 4.20. The van der Waals surface area contributed by atoms with Gasteiger partial charge in [-0.15, -0.1) is 0 Å². The van der Waals surface area contributed by atoms with E-state index in [9.17, 15) is 0 Å². The minimum atomic E-state index is 0.615. The number of nitrogens with one attached hydrogen (secondary N) is 1. The molecule has 1 saturated heterocycles. The van der Waals surface area contributed by atoms with Gasteiger partial charge in [0.2, 0.25) is 0 Å². The quantitative estimate of drug-likeness (QED) is 0.846. The summed E-state index contributed by atoms with van der Waals surface area (Å²) in [4.78, 5) is 2.52. The fraction of sp³-hybridized carbons (Fsp3) is 0.625. The van der Waals surface area contributed by atoms with Crippen LogP contribution in [0.5, 0.6) is 0 Å². The summed E-state index contributed by atoms with van der Waals surface area (Å²) in [5.41, 5.74) is 1.13. The van der Waals surface area contributed by atoms with Crippen molar-refractivity contribution in [3.8, 4) is 0 Å². The summed E-state index contributed by atoms with van der Waals surface area (Å²) in [5, 5.41) is 5.14. The average molecular weight is 315 g/mol. The van der Waals surface area contributed by atoms with Crippen LogP contribution in [0.15, 0.2) is 18.2 Å². The molecule has 4 heteroatoms. The van der Waals surface area contributed by atoms with Gasteiger partial charge in [-0.3, -0.25) is 4.90 Å². The SMILES string of the molecule is CC(C)CNCC1CCCN1Cc1cc(Cl)ccc1Cl. The monoisotopic (exact) mass is 314 g/mol. The molecule has 20 heavy (non-hydrogen) atoms. The van der Waals surface area contributed by atoms with Crippen LogP contribution in [0.1, 0.15) is 32.3 Å². The molecular weight excluding hydrogens is 291 g/mol. The summed E-state index contributed by atoms with van der Waals surface area (Å²) in [6.45, 7) is 8.68. The van der Waals surface area contributed by atoms with E-state index in [4.69, 9.17) is 23.2 Å². The summed E-state index contributed by atoms with van der Waals surface area (Å²) >= 11 is 12.3. The van der Waals surface area contributed by atoms with Gasteiger partial charge in [0.15, 0.2) is 0 Å². The van der Waals surface area contributed by atoms with E-state index in [1.807, 2.05) is 18.2 Å². The molecule has 1 atom stereocenters. The Morgan fingerprint density at radius 3 is 2.90 bits per heavy atom. The van der Waals surface area contributed by atoms with Gasteiger partial charge in [-0.2, -0.15) is 0 Å². The molecule has 1 N–H and O–H groups in total. The van der Waals surface area contributed by atoms with Crippen molar-refractivity contribution in [3.63, 3.8) is 0 Å². The zero-order valence-electron chi connectivity index (χ0n) is 12.3. The van der Waals surface area contributed by atoms with Crippen LogP contribution in [-0.2, 0) is 6.54 Å². The lowest BCUT2D eigenvalue weighted by atomic mass is 10.1. The second-order valence-corrected chi connectivity index (χ2v) is 6.90. The summed E-state index contributed by atoms with van der Waals surface area (Å²) in [5.74, 6) is 0.701. The van der Waals surface area contributed by atoms with Gasteiger partial charge >= 0.3 is 0 Å². The summed E-state index contributed by atoms with van der Waals surface area (Å²) < 4.78 is 0. The maximum Gasteiger partial charge on any atom is 0.0452 e. The highest BCUT2D eigenvalue weighted by molar-refractivity contribution is 6.33. The molecule has 0 amide bonds. The van der Waals surface area contributed by atoms with Crippen molar-refractivity contribution >= 4 is 23.2 Å². The standard InChI is InChI=1S/C16H24Cl2N2/c1-12(2)9-19-10-15-4-3-7-20(15)11-13-8-14(17)5-6-16(13)18/h5-6,8,12,15,19H,3-4,7,9-11H2,1-2H3. The van der Waals surface area contributed by atoms with Crippen molar-refractivity contribution in [2.45, 2.75) is 39.3 Å². The van der Waals surface area contributed by atoms with E-state index in [0.29, 0.717) is 12.0 Å². The van der Waals surface area contributed by atoms with Crippen molar-refractivity contribution in [1.82, 2.24) is 10.2 Å². The van der Waals surface area contributed by atoms with E-state index in [2.05, 4.69) is 24.1 Å². The largest absolute Gasteiger partial charge is 0.315 e. The number of hydrogen-bond donors (Lipinski definition) is 1. The van der Waals surface area contributed by atoms with Crippen LogP contribution in [-0.4, -0.2) is 30.6 Å². The van der Waals surface area contributed by atoms with Gasteiger partial charge in [0, 0.05) is 29.2 Å². The molecule has 0 aliphatic carbocycles. The Balaban J connectivity index is 1.92. The van der Waals surface area contributed by atoms with Gasteiger partial charge in [-0.1, -0.05) is 37.0 Å². The third-order valence-electron chi connectivity index (χ3n) is 3.81. The van der Waals surface area contributed by atoms with E-state index >= 15 is 0 Å². The molecule has 1 aromatic carbocycles. The molecule has 112 valence electrons. The van der Waals surface area contributed by atoms with E-state index < -0.39 is 0 Å². The minimum Gasteiger partial charge on any atom is -0.315 e. The molecule has 0 saturated carbocycles. The number of benzene rings is 1. The molecule has 0 bridgehead atoms. The second kappa shape index (κ2) is 7.65. The van der Waals surface area contributed by atoms with Crippen molar-refractivity contribution in [1.29, 1.82) is 0 Å². The lowest BCUT2D eigenvalue weighted by molar-refractivity contribution is 0.237. The normalized spacial score (nSPS) is 19.9. The van der Waals surface area contributed by atoms with E-state index in [-0.39, 0.29) is 0 Å². The van der Waals surface area contributed by atoms with Crippen LogP contribution in [0.3, 0.4) is 0 Å². The molecule has 1 fully saturated rings. The van der Waals surface area contributed by atoms with Crippen molar-refractivity contribution in [2.75, 3.05) is 19.6 Å². The lowest BCUT2D eigenvalue weighted by Gasteiger charge is -2.25. The Morgan fingerprint density at radius 2 is 2.15 bits per heavy atom. The number of hydrogen-bond acceptors (Lipinski definition) is 2. The van der Waals surface area contributed by atoms with Gasteiger partial charge in [0.05, 0.1) is 0 Å². The molecule has 2 nitrogen and oxygen atoms in total. The van der Waals surface area contributed by atoms with E-state index in [1.54, 1.807) is 0 Å². The first-order valence-corrected chi connectivity index (χ1v) is 8.20. The number of likely N-dealkylation sites (tertiary alicyclic amines) is 1. The highest BCUT2D eigenvalue weighted by Crippen LogP contribution is 2.25. The summed E-state index contributed by atoms with van der Waals surface area (Å²) in [6.07, 6.45) is 2.54. The third kappa shape index (κ3) is 4.63. The number of halogens is 2. The van der Waals surface area contributed by atoms with Gasteiger partial charge in [-0.05, 0) is 55.6 Å². The fourth-order valence-electron chi connectivity index (χ4n) is 2.76. The smallest absolute Gasteiger partial charge is 0.0452 e. The molecular formula is C16H24Cl2N2. The summed E-state index contributed by atoms with van der Waals surface area (Å²) in [6, 6.07) is 6.34. The molecule has 0 aromatic heterocycles. The Morgan fingerprint density at radius 1 is 1.35 bits per heavy atom. The average Bonchev–Trinajstić information content (AvgIpc) is 2.81. The van der Waals surface area contributed by atoms with Crippen LogP contribution in [0.4, 0.5) is 0 Å². The second-order valence-electron chi connectivity index (χ2n) is 6.05. The Bertz CT molecular complexity index is 434. The molecule has 0 spiro atoms. The molecule has 1 aromatic rings. The molecule has 0 radical (unpaired) electrons. The first-order chi connectivity index (χ1) is 9.56. The van der Waals surface area contributed by atoms with E-state index in [0.717, 1.165) is 41.8 Å². The molecule has 1 aliphatic heterocycles. The van der Waals surface area contributed by atoms with E-state index in [1.165, 1.54) is 12.8 Å². The molecule has 1 heterocycles. The zero-order valence-corrected chi connectivity index (χ0v) is 13.8. The third-order valence-corrected chi connectivity index (χ3v) is 4.42. The molecule has 2 rings (SSSR count). The minimum absolute atomic E-state index is 0.615. The van der Waals surface area contributed by atoms with Crippen LogP contribution in [0.2, 0.25) is 10.0 Å².